The number of carbonyl (C=O) groups is 2. The van der Waals surface area contributed by atoms with Gasteiger partial charge in [-0.1, -0.05) is 30.8 Å². The SMILES string of the molecule is CCOc1cc(C2=NN(Cc3ccc(NC(=O)c4cnco4)cc3)C(=O)SC2CC)ccc1OC. The third-order valence-corrected chi connectivity index (χ3v) is 6.57. The first-order valence-corrected chi connectivity index (χ1v) is 12.1. The molecule has 0 fully saturated rings. The number of hydrazone groups is 1. The molecule has 2 heterocycles. The number of hydrogen-bond donors (Lipinski definition) is 1. The van der Waals surface area contributed by atoms with Gasteiger partial charge in [0.25, 0.3) is 5.91 Å². The van der Waals surface area contributed by atoms with Gasteiger partial charge in [0.05, 0.1) is 37.4 Å². The molecule has 35 heavy (non-hydrogen) atoms. The molecule has 9 nitrogen and oxygen atoms in total. The quantitative estimate of drug-likeness (QED) is 0.436. The number of oxazole rings is 1. The van der Waals surface area contributed by atoms with Crippen molar-refractivity contribution < 1.29 is 23.5 Å². The molecule has 0 saturated carbocycles. The van der Waals surface area contributed by atoms with Gasteiger partial charge in [-0.15, -0.1) is 0 Å². The van der Waals surface area contributed by atoms with E-state index in [1.807, 2.05) is 44.2 Å². The van der Waals surface area contributed by atoms with E-state index in [4.69, 9.17) is 19.0 Å². The number of ether oxygens (including phenoxy) is 2. The van der Waals surface area contributed by atoms with Crippen LogP contribution in [0.25, 0.3) is 0 Å². The summed E-state index contributed by atoms with van der Waals surface area (Å²) < 4.78 is 16.1. The van der Waals surface area contributed by atoms with Gasteiger partial charge < -0.3 is 19.2 Å². The van der Waals surface area contributed by atoms with Crippen LogP contribution >= 0.6 is 11.8 Å². The van der Waals surface area contributed by atoms with Crippen LogP contribution < -0.4 is 14.8 Å². The molecule has 1 aromatic heterocycles. The number of anilines is 1. The van der Waals surface area contributed by atoms with Crippen molar-refractivity contribution in [2.75, 3.05) is 19.0 Å². The lowest BCUT2D eigenvalue weighted by atomic mass is 10.0. The zero-order valence-corrected chi connectivity index (χ0v) is 20.5. The number of amides is 2. The minimum absolute atomic E-state index is 0.0599. The van der Waals surface area contributed by atoms with E-state index in [0.717, 1.165) is 23.3 Å². The fraction of sp³-hybridized carbons (Fsp3) is 0.280. The minimum atomic E-state index is -0.386. The zero-order chi connectivity index (χ0) is 24.8. The normalized spacial score (nSPS) is 15.5. The molecule has 3 aromatic rings. The first-order chi connectivity index (χ1) is 17.0. The molecule has 0 spiro atoms. The summed E-state index contributed by atoms with van der Waals surface area (Å²) in [5.41, 5.74) is 3.18. The maximum Gasteiger partial charge on any atom is 0.302 e. The number of nitrogens with one attached hydrogen (secondary N) is 1. The number of hydrogen-bond acceptors (Lipinski definition) is 8. The van der Waals surface area contributed by atoms with Gasteiger partial charge in [-0.2, -0.15) is 5.10 Å². The summed E-state index contributed by atoms with van der Waals surface area (Å²) in [5.74, 6) is 1.03. The average Bonchev–Trinajstić information content (AvgIpc) is 3.42. The third-order valence-electron chi connectivity index (χ3n) is 5.32. The van der Waals surface area contributed by atoms with Crippen LogP contribution in [0.1, 0.15) is 41.9 Å². The first-order valence-electron chi connectivity index (χ1n) is 11.2. The molecule has 10 heteroatoms. The van der Waals surface area contributed by atoms with Gasteiger partial charge in [-0.05, 0) is 49.2 Å². The first kappa shape index (κ1) is 24.3. The smallest absolute Gasteiger partial charge is 0.302 e. The molecule has 2 amide bonds. The van der Waals surface area contributed by atoms with Crippen molar-refractivity contribution >= 4 is 34.3 Å². The Kier molecular flexibility index (Phi) is 7.71. The molecule has 0 radical (unpaired) electrons. The molecule has 1 N–H and O–H groups in total. The molecule has 4 rings (SSSR count). The van der Waals surface area contributed by atoms with Crippen molar-refractivity contribution in [1.29, 1.82) is 0 Å². The van der Waals surface area contributed by atoms with Crippen LogP contribution in [0.4, 0.5) is 10.5 Å². The molecule has 0 bridgehead atoms. The summed E-state index contributed by atoms with van der Waals surface area (Å²) in [5, 5.41) is 8.78. The fourth-order valence-corrected chi connectivity index (χ4v) is 4.52. The standard InChI is InChI=1S/C25H26N4O5S/c1-4-22-23(17-8-11-19(32-3)20(12-17)33-5-2)28-29(25(31)35-22)14-16-6-9-18(10-7-16)27-24(30)21-13-26-15-34-21/h6-13,15,22H,4-5,14H2,1-3H3,(H,27,30). The Balaban J connectivity index is 1.53. The Morgan fingerprint density at radius 2 is 1.97 bits per heavy atom. The molecular weight excluding hydrogens is 468 g/mol. The number of aromatic nitrogens is 1. The fourth-order valence-electron chi connectivity index (χ4n) is 3.59. The van der Waals surface area contributed by atoms with Crippen molar-refractivity contribution in [2.45, 2.75) is 32.1 Å². The Morgan fingerprint density at radius 3 is 2.63 bits per heavy atom. The Labute approximate surface area is 207 Å². The topological polar surface area (TPSA) is 106 Å². The highest BCUT2D eigenvalue weighted by atomic mass is 32.2. The number of thioether (sulfide) groups is 1. The van der Waals surface area contributed by atoms with Gasteiger partial charge in [0.2, 0.25) is 5.76 Å². The van der Waals surface area contributed by atoms with Crippen LogP contribution in [0.3, 0.4) is 0 Å². The summed E-state index contributed by atoms with van der Waals surface area (Å²) in [7, 11) is 1.60. The molecule has 0 aliphatic carbocycles. The van der Waals surface area contributed by atoms with Gasteiger partial charge in [0, 0.05) is 11.3 Å². The molecule has 1 aliphatic heterocycles. The van der Waals surface area contributed by atoms with E-state index in [9.17, 15) is 9.59 Å². The van der Waals surface area contributed by atoms with E-state index >= 15 is 0 Å². The van der Waals surface area contributed by atoms with E-state index in [0.29, 0.717) is 30.3 Å². The minimum Gasteiger partial charge on any atom is -0.493 e. The van der Waals surface area contributed by atoms with Crippen molar-refractivity contribution in [3.63, 3.8) is 0 Å². The lowest BCUT2D eigenvalue weighted by Gasteiger charge is -2.28. The van der Waals surface area contributed by atoms with Crippen molar-refractivity contribution in [3.05, 3.63) is 71.9 Å². The Bertz CT molecular complexity index is 1210. The lowest BCUT2D eigenvalue weighted by Crippen LogP contribution is -2.34. The highest BCUT2D eigenvalue weighted by molar-refractivity contribution is 8.14. The lowest BCUT2D eigenvalue weighted by molar-refractivity contribution is 0.0996. The molecule has 2 aromatic carbocycles. The van der Waals surface area contributed by atoms with Gasteiger partial charge >= 0.3 is 5.24 Å². The molecule has 1 aliphatic rings. The summed E-state index contributed by atoms with van der Waals surface area (Å²) in [6.07, 6.45) is 3.31. The molecule has 1 atom stereocenters. The van der Waals surface area contributed by atoms with E-state index in [1.54, 1.807) is 19.2 Å². The van der Waals surface area contributed by atoms with Gasteiger partial charge in [0.1, 0.15) is 0 Å². The van der Waals surface area contributed by atoms with Crippen LogP contribution in [0, 0.1) is 0 Å². The third kappa shape index (κ3) is 5.65. The number of carbonyl (C=O) groups excluding carboxylic acids is 2. The Morgan fingerprint density at radius 1 is 1.17 bits per heavy atom. The highest BCUT2D eigenvalue weighted by Crippen LogP contribution is 2.34. The number of benzene rings is 2. The number of nitrogens with zero attached hydrogens (tertiary/aromatic N) is 3. The molecular formula is C25H26N4O5S. The second kappa shape index (κ2) is 11.1. The van der Waals surface area contributed by atoms with Crippen LogP contribution in [-0.4, -0.2) is 45.8 Å². The van der Waals surface area contributed by atoms with E-state index in [-0.39, 0.29) is 22.2 Å². The molecule has 0 saturated heterocycles. The van der Waals surface area contributed by atoms with Crippen molar-refractivity contribution in [3.8, 4) is 11.5 Å². The molecule has 1 unspecified atom stereocenters. The van der Waals surface area contributed by atoms with Crippen LogP contribution in [0.15, 0.2) is 64.6 Å². The van der Waals surface area contributed by atoms with E-state index in [2.05, 4.69) is 10.3 Å². The van der Waals surface area contributed by atoms with Gasteiger partial charge in [-0.3, -0.25) is 9.59 Å². The van der Waals surface area contributed by atoms with Crippen LogP contribution in [0.5, 0.6) is 11.5 Å². The maximum atomic E-state index is 12.8. The largest absolute Gasteiger partial charge is 0.493 e. The average molecular weight is 495 g/mol. The van der Waals surface area contributed by atoms with Crippen molar-refractivity contribution in [1.82, 2.24) is 9.99 Å². The van der Waals surface area contributed by atoms with Gasteiger partial charge in [-0.25, -0.2) is 9.99 Å². The maximum absolute atomic E-state index is 12.8. The van der Waals surface area contributed by atoms with Crippen LogP contribution in [-0.2, 0) is 6.54 Å². The van der Waals surface area contributed by atoms with E-state index < -0.39 is 0 Å². The second-order valence-electron chi connectivity index (χ2n) is 7.64. The molecule has 182 valence electrons. The number of rotatable bonds is 9. The zero-order valence-electron chi connectivity index (χ0n) is 19.7. The summed E-state index contributed by atoms with van der Waals surface area (Å²) in [6.45, 7) is 4.77. The monoisotopic (exact) mass is 494 g/mol. The second-order valence-corrected chi connectivity index (χ2v) is 8.79. The number of methoxy groups -OCH3 is 1. The highest BCUT2D eigenvalue weighted by Gasteiger charge is 2.30. The van der Waals surface area contributed by atoms with Crippen LogP contribution in [0.2, 0.25) is 0 Å². The predicted octanol–water partition coefficient (Wildman–Crippen LogP) is 5.19. The summed E-state index contributed by atoms with van der Waals surface area (Å²) in [6, 6.07) is 12.9. The van der Waals surface area contributed by atoms with Crippen molar-refractivity contribution in [2.24, 2.45) is 5.10 Å². The summed E-state index contributed by atoms with van der Waals surface area (Å²) in [4.78, 5) is 28.7. The Hall–Kier alpha value is -3.79. The predicted molar refractivity (Wildman–Crippen MR) is 134 cm³/mol. The van der Waals surface area contributed by atoms with Gasteiger partial charge in [0.15, 0.2) is 17.9 Å². The van der Waals surface area contributed by atoms with E-state index in [1.165, 1.54) is 29.4 Å². The summed E-state index contributed by atoms with van der Waals surface area (Å²) >= 11 is 1.27.